The van der Waals surface area contributed by atoms with Gasteiger partial charge in [0.15, 0.2) is 0 Å². The maximum absolute atomic E-state index is 12.0. The van der Waals surface area contributed by atoms with E-state index in [0.29, 0.717) is 26.1 Å². The van der Waals surface area contributed by atoms with Crippen molar-refractivity contribution < 1.29 is 19.1 Å². The highest BCUT2D eigenvalue weighted by molar-refractivity contribution is 5.71. The summed E-state index contributed by atoms with van der Waals surface area (Å²) in [5, 5.41) is 2.70. The van der Waals surface area contributed by atoms with Crippen LogP contribution in [0.1, 0.15) is 34.1 Å². The summed E-state index contributed by atoms with van der Waals surface area (Å²) in [5.74, 6) is 0.0905. The first-order valence-corrected chi connectivity index (χ1v) is 6.67. The summed E-state index contributed by atoms with van der Waals surface area (Å²) in [6.45, 7) is 9.16. The summed E-state index contributed by atoms with van der Waals surface area (Å²) in [6.07, 6.45) is -0.0179. The second kappa shape index (κ2) is 4.58. The van der Waals surface area contributed by atoms with Crippen LogP contribution in [0.5, 0.6) is 0 Å². The summed E-state index contributed by atoms with van der Waals surface area (Å²) in [5.41, 5.74) is -0.952. The van der Waals surface area contributed by atoms with Gasteiger partial charge in [-0.2, -0.15) is 0 Å². The Morgan fingerprint density at radius 3 is 2.68 bits per heavy atom. The van der Waals surface area contributed by atoms with E-state index in [4.69, 9.17) is 9.47 Å². The zero-order chi connectivity index (χ0) is 14.3. The number of piperidine rings is 1. The Hall–Kier alpha value is -1.46. The summed E-state index contributed by atoms with van der Waals surface area (Å²) in [7, 11) is 0. The minimum Gasteiger partial charge on any atom is -0.444 e. The van der Waals surface area contributed by atoms with Crippen LogP contribution in [0.25, 0.3) is 0 Å². The van der Waals surface area contributed by atoms with Crippen molar-refractivity contribution in [2.45, 2.75) is 45.3 Å². The Kier molecular flexibility index (Phi) is 3.36. The van der Waals surface area contributed by atoms with Crippen LogP contribution in [0.4, 0.5) is 9.59 Å². The molecule has 0 aliphatic carbocycles. The van der Waals surface area contributed by atoms with Gasteiger partial charge in [-0.05, 0) is 20.8 Å². The van der Waals surface area contributed by atoms with Gasteiger partial charge in [0, 0.05) is 25.4 Å². The molecule has 0 aromatic heterocycles. The Labute approximate surface area is 113 Å². The van der Waals surface area contributed by atoms with Gasteiger partial charge in [-0.15, -0.1) is 0 Å². The number of rotatable bonds is 0. The number of alkyl carbamates (subject to hydrolysis) is 1. The first-order chi connectivity index (χ1) is 8.72. The van der Waals surface area contributed by atoms with Gasteiger partial charge in [-0.3, -0.25) is 0 Å². The smallest absolute Gasteiger partial charge is 0.410 e. The number of ether oxygens (including phenoxy) is 2. The third kappa shape index (κ3) is 2.93. The SMILES string of the molecule is CC1CN(C(=O)OC(C)(C)C)CCC12CNC(=O)O2. The van der Waals surface area contributed by atoms with Gasteiger partial charge in [0.2, 0.25) is 0 Å². The fourth-order valence-electron chi connectivity index (χ4n) is 2.54. The lowest BCUT2D eigenvalue weighted by Crippen LogP contribution is -2.55. The molecule has 2 fully saturated rings. The van der Waals surface area contributed by atoms with E-state index in [1.54, 1.807) is 4.90 Å². The molecule has 0 aromatic rings. The molecule has 0 bridgehead atoms. The second-order valence-corrected chi connectivity index (χ2v) is 6.39. The fourth-order valence-corrected chi connectivity index (χ4v) is 2.54. The van der Waals surface area contributed by atoms with Crippen LogP contribution < -0.4 is 5.32 Å². The molecule has 2 aliphatic heterocycles. The van der Waals surface area contributed by atoms with Crippen molar-refractivity contribution in [3.05, 3.63) is 0 Å². The average molecular weight is 270 g/mol. The van der Waals surface area contributed by atoms with E-state index in [1.165, 1.54) is 0 Å². The summed E-state index contributed by atoms with van der Waals surface area (Å²) >= 11 is 0. The quantitative estimate of drug-likeness (QED) is 0.728. The van der Waals surface area contributed by atoms with E-state index in [9.17, 15) is 9.59 Å². The van der Waals surface area contributed by atoms with Crippen molar-refractivity contribution in [2.75, 3.05) is 19.6 Å². The van der Waals surface area contributed by atoms with Crippen LogP contribution in [-0.4, -0.2) is 47.9 Å². The lowest BCUT2D eigenvalue weighted by molar-refractivity contribution is -0.0480. The number of hydrogen-bond donors (Lipinski definition) is 1. The van der Waals surface area contributed by atoms with Crippen molar-refractivity contribution in [1.29, 1.82) is 0 Å². The monoisotopic (exact) mass is 270 g/mol. The van der Waals surface area contributed by atoms with Gasteiger partial charge >= 0.3 is 12.2 Å². The summed E-state index contributed by atoms with van der Waals surface area (Å²) < 4.78 is 10.8. The summed E-state index contributed by atoms with van der Waals surface area (Å²) in [6, 6.07) is 0. The van der Waals surface area contributed by atoms with E-state index in [2.05, 4.69) is 5.32 Å². The molecule has 2 heterocycles. The zero-order valence-corrected chi connectivity index (χ0v) is 12.0. The molecule has 1 N–H and O–H groups in total. The Bertz CT molecular complexity index is 391. The van der Waals surface area contributed by atoms with Crippen molar-refractivity contribution in [2.24, 2.45) is 5.92 Å². The zero-order valence-electron chi connectivity index (χ0n) is 12.0. The molecule has 0 radical (unpaired) electrons. The average Bonchev–Trinajstić information content (AvgIpc) is 2.63. The Morgan fingerprint density at radius 1 is 1.53 bits per heavy atom. The molecule has 1 spiro atoms. The van der Waals surface area contributed by atoms with Crippen LogP contribution in [-0.2, 0) is 9.47 Å². The molecule has 0 aromatic carbocycles. The highest BCUT2D eigenvalue weighted by Gasteiger charge is 2.49. The molecular formula is C13H22N2O4. The molecule has 6 heteroatoms. The number of amides is 2. The number of nitrogens with zero attached hydrogens (tertiary/aromatic N) is 1. The predicted octanol–water partition coefficient (Wildman–Crippen LogP) is 1.74. The minimum absolute atomic E-state index is 0.0905. The fraction of sp³-hybridized carbons (Fsp3) is 0.846. The number of likely N-dealkylation sites (tertiary alicyclic amines) is 1. The Morgan fingerprint density at radius 2 is 2.21 bits per heavy atom. The van der Waals surface area contributed by atoms with Crippen molar-refractivity contribution in [3.8, 4) is 0 Å². The minimum atomic E-state index is -0.489. The van der Waals surface area contributed by atoms with Gasteiger partial charge in [0.05, 0.1) is 6.54 Å². The molecule has 2 saturated heterocycles. The maximum Gasteiger partial charge on any atom is 0.410 e. The summed E-state index contributed by atoms with van der Waals surface area (Å²) in [4.78, 5) is 24.9. The van der Waals surface area contributed by atoms with Crippen LogP contribution in [0.2, 0.25) is 0 Å². The van der Waals surface area contributed by atoms with Crippen LogP contribution in [0.3, 0.4) is 0 Å². The topological polar surface area (TPSA) is 67.9 Å². The molecular weight excluding hydrogens is 248 g/mol. The largest absolute Gasteiger partial charge is 0.444 e. The van der Waals surface area contributed by atoms with Crippen LogP contribution >= 0.6 is 0 Å². The molecule has 2 amide bonds. The number of carbonyl (C=O) groups excluding carboxylic acids is 2. The molecule has 2 rings (SSSR count). The van der Waals surface area contributed by atoms with E-state index in [-0.39, 0.29) is 18.1 Å². The van der Waals surface area contributed by atoms with Crippen molar-refractivity contribution >= 4 is 12.2 Å². The number of nitrogens with one attached hydrogen (secondary N) is 1. The lowest BCUT2D eigenvalue weighted by atomic mass is 9.82. The first kappa shape index (κ1) is 14.0. The van der Waals surface area contributed by atoms with Gasteiger partial charge in [0.25, 0.3) is 0 Å². The molecule has 2 atom stereocenters. The Balaban J connectivity index is 1.97. The van der Waals surface area contributed by atoms with E-state index < -0.39 is 11.2 Å². The highest BCUT2D eigenvalue weighted by Crippen LogP contribution is 2.34. The first-order valence-electron chi connectivity index (χ1n) is 6.67. The van der Waals surface area contributed by atoms with Crippen molar-refractivity contribution in [1.82, 2.24) is 10.2 Å². The predicted molar refractivity (Wildman–Crippen MR) is 68.8 cm³/mol. The number of carbonyl (C=O) groups is 2. The van der Waals surface area contributed by atoms with Crippen LogP contribution in [0, 0.1) is 5.92 Å². The maximum atomic E-state index is 12.0. The second-order valence-electron chi connectivity index (χ2n) is 6.39. The van der Waals surface area contributed by atoms with Gasteiger partial charge in [-0.1, -0.05) is 6.92 Å². The van der Waals surface area contributed by atoms with Gasteiger partial charge in [-0.25, -0.2) is 9.59 Å². The molecule has 2 aliphatic rings. The van der Waals surface area contributed by atoms with Gasteiger partial charge < -0.3 is 19.7 Å². The third-order valence-electron chi connectivity index (χ3n) is 3.68. The molecule has 0 saturated carbocycles. The lowest BCUT2D eigenvalue weighted by Gasteiger charge is -2.42. The standard InChI is InChI=1S/C13H22N2O4/c1-9-7-15(11(17)19-12(2,3)4)6-5-13(9)8-14-10(16)18-13/h9H,5-8H2,1-4H3,(H,14,16). The van der Waals surface area contributed by atoms with Crippen molar-refractivity contribution in [3.63, 3.8) is 0 Å². The van der Waals surface area contributed by atoms with Gasteiger partial charge in [0.1, 0.15) is 11.2 Å². The molecule has 19 heavy (non-hydrogen) atoms. The molecule has 2 unspecified atom stereocenters. The van der Waals surface area contributed by atoms with E-state index >= 15 is 0 Å². The van der Waals surface area contributed by atoms with E-state index in [0.717, 1.165) is 0 Å². The third-order valence-corrected chi connectivity index (χ3v) is 3.68. The van der Waals surface area contributed by atoms with E-state index in [1.807, 2.05) is 27.7 Å². The normalized spacial score (nSPS) is 31.1. The highest BCUT2D eigenvalue weighted by atomic mass is 16.6. The molecule has 108 valence electrons. The molecule has 6 nitrogen and oxygen atoms in total. The van der Waals surface area contributed by atoms with Crippen LogP contribution in [0.15, 0.2) is 0 Å². The number of hydrogen-bond acceptors (Lipinski definition) is 4.